The molecule has 1 saturated heterocycles. The van der Waals surface area contributed by atoms with E-state index in [1.807, 2.05) is 24.3 Å². The van der Waals surface area contributed by atoms with Gasteiger partial charge in [-0.05, 0) is 49.4 Å². The molecule has 1 heterocycles. The van der Waals surface area contributed by atoms with E-state index in [0.717, 1.165) is 30.6 Å². The van der Waals surface area contributed by atoms with Crippen LogP contribution in [-0.2, 0) is 26.0 Å². The van der Waals surface area contributed by atoms with Crippen LogP contribution in [0.5, 0.6) is 5.75 Å². The molecule has 2 N–H and O–H groups in total. The minimum absolute atomic E-state index is 0.210. The van der Waals surface area contributed by atoms with E-state index < -0.39 is 21.8 Å². The summed E-state index contributed by atoms with van der Waals surface area (Å²) < 4.78 is 32.9. The highest BCUT2D eigenvalue weighted by atomic mass is 32.2. The fourth-order valence-electron chi connectivity index (χ4n) is 4.04. The second-order valence-electron chi connectivity index (χ2n) is 7.94. The highest BCUT2D eigenvalue weighted by Gasteiger charge is 2.33. The van der Waals surface area contributed by atoms with Crippen molar-refractivity contribution in [2.24, 2.45) is 0 Å². The highest BCUT2D eigenvalue weighted by molar-refractivity contribution is 7.89. The van der Waals surface area contributed by atoms with Gasteiger partial charge in [-0.1, -0.05) is 42.8 Å². The fourth-order valence-corrected chi connectivity index (χ4v) is 5.78. The summed E-state index contributed by atoms with van der Waals surface area (Å²) in [5.41, 5.74) is 0.942. The van der Waals surface area contributed by atoms with Crippen LogP contribution in [0.25, 0.3) is 0 Å². The molecule has 1 atom stereocenters. The van der Waals surface area contributed by atoms with Gasteiger partial charge in [0.1, 0.15) is 5.75 Å². The zero-order chi connectivity index (χ0) is 23.7. The van der Waals surface area contributed by atoms with E-state index in [9.17, 15) is 18.0 Å². The second-order valence-corrected chi connectivity index (χ2v) is 9.83. The molecule has 1 aliphatic rings. The Labute approximate surface area is 195 Å². The molecule has 0 saturated carbocycles. The van der Waals surface area contributed by atoms with Gasteiger partial charge in [0, 0.05) is 25.7 Å². The van der Waals surface area contributed by atoms with Crippen molar-refractivity contribution in [2.75, 3.05) is 26.7 Å². The van der Waals surface area contributed by atoms with Crippen LogP contribution in [0.3, 0.4) is 0 Å². The predicted molar refractivity (Wildman–Crippen MR) is 125 cm³/mol. The third kappa shape index (κ3) is 6.55. The van der Waals surface area contributed by atoms with Crippen molar-refractivity contribution in [2.45, 2.75) is 43.0 Å². The first-order valence-electron chi connectivity index (χ1n) is 11.2. The van der Waals surface area contributed by atoms with Crippen LogP contribution in [0.2, 0.25) is 0 Å². The van der Waals surface area contributed by atoms with Gasteiger partial charge in [-0.2, -0.15) is 4.31 Å². The van der Waals surface area contributed by atoms with Gasteiger partial charge < -0.3 is 15.4 Å². The van der Waals surface area contributed by atoms with Gasteiger partial charge in [0.05, 0.1) is 12.0 Å². The summed E-state index contributed by atoms with van der Waals surface area (Å²) in [6.07, 6.45) is 3.46. The lowest BCUT2D eigenvalue weighted by Crippen LogP contribution is -2.46. The number of benzene rings is 2. The first-order valence-corrected chi connectivity index (χ1v) is 12.6. The Bertz CT molecular complexity index is 1040. The molecule has 2 amide bonds. The quantitative estimate of drug-likeness (QED) is 0.543. The van der Waals surface area contributed by atoms with Crippen molar-refractivity contribution >= 4 is 21.8 Å². The molecule has 0 bridgehead atoms. The Kier molecular flexibility index (Phi) is 8.85. The third-order valence-corrected chi connectivity index (χ3v) is 7.73. The van der Waals surface area contributed by atoms with Gasteiger partial charge in [0.25, 0.3) is 0 Å². The average molecular weight is 474 g/mol. The maximum absolute atomic E-state index is 13.0. The summed E-state index contributed by atoms with van der Waals surface area (Å²) in [4.78, 5) is 24.6. The number of para-hydroxylation sites is 1. The Morgan fingerprint density at radius 1 is 0.970 bits per heavy atom. The van der Waals surface area contributed by atoms with Gasteiger partial charge in [0.15, 0.2) is 0 Å². The maximum Gasteiger partial charge on any atom is 0.309 e. The summed E-state index contributed by atoms with van der Waals surface area (Å²) in [6, 6.07) is 15.7. The van der Waals surface area contributed by atoms with Gasteiger partial charge in [0.2, 0.25) is 10.0 Å². The molecular weight excluding hydrogens is 442 g/mol. The first kappa shape index (κ1) is 24.7. The topological polar surface area (TPSA) is 105 Å². The summed E-state index contributed by atoms with van der Waals surface area (Å²) >= 11 is 0. The number of methoxy groups -OCH3 is 1. The molecular formula is C24H31N3O5S. The van der Waals surface area contributed by atoms with E-state index in [1.54, 1.807) is 37.4 Å². The van der Waals surface area contributed by atoms with Gasteiger partial charge in [-0.25, -0.2) is 8.42 Å². The molecule has 33 heavy (non-hydrogen) atoms. The van der Waals surface area contributed by atoms with E-state index in [1.165, 1.54) is 4.31 Å². The van der Waals surface area contributed by atoms with E-state index in [-0.39, 0.29) is 17.5 Å². The van der Waals surface area contributed by atoms with E-state index in [2.05, 4.69) is 10.6 Å². The molecule has 0 radical (unpaired) electrons. The van der Waals surface area contributed by atoms with Crippen molar-refractivity contribution in [3.8, 4) is 5.75 Å². The number of carbonyl (C=O) groups excluding carboxylic acids is 2. The number of carbonyl (C=O) groups is 2. The Hall–Kier alpha value is -2.91. The molecule has 9 heteroatoms. The number of rotatable bonds is 9. The molecule has 0 spiro atoms. The molecule has 3 rings (SSSR count). The van der Waals surface area contributed by atoms with Crippen LogP contribution in [0.1, 0.15) is 31.2 Å². The van der Waals surface area contributed by atoms with Crippen LogP contribution in [0.4, 0.5) is 0 Å². The van der Waals surface area contributed by atoms with Crippen molar-refractivity contribution < 1.29 is 22.7 Å². The molecule has 178 valence electrons. The highest BCUT2D eigenvalue weighted by Crippen LogP contribution is 2.26. The lowest BCUT2D eigenvalue weighted by atomic mass is 10.0. The minimum atomic E-state index is -3.59. The zero-order valence-electron chi connectivity index (χ0n) is 18.8. The Morgan fingerprint density at radius 2 is 1.64 bits per heavy atom. The number of nitrogens with one attached hydrogen (secondary N) is 2. The summed E-state index contributed by atoms with van der Waals surface area (Å²) in [5.74, 6) is -0.690. The van der Waals surface area contributed by atoms with Crippen molar-refractivity contribution in [3.05, 3.63) is 60.2 Å². The predicted octanol–water partition coefficient (Wildman–Crippen LogP) is 2.10. The van der Waals surface area contributed by atoms with E-state index in [0.29, 0.717) is 25.9 Å². The summed E-state index contributed by atoms with van der Waals surface area (Å²) in [6.45, 7) is 0.988. The molecule has 8 nitrogen and oxygen atoms in total. The SMILES string of the molecule is COc1ccccc1CCNC(=O)C(=O)NCC[C@H]1CCCCN1S(=O)(=O)c1ccccc1. The standard InChI is InChI=1S/C24H31N3O5S/c1-32-22-13-6-5-9-19(22)14-16-25-23(28)24(29)26-17-15-20-10-7-8-18-27(20)33(30,31)21-11-3-2-4-12-21/h2-6,9,11-13,20H,7-8,10,14-18H2,1H3,(H,25,28)(H,26,29)/t20-/m1/s1. The molecule has 1 fully saturated rings. The number of piperidine rings is 1. The van der Waals surface area contributed by atoms with E-state index >= 15 is 0 Å². The molecule has 2 aromatic carbocycles. The normalized spacial score (nSPS) is 16.7. The first-order chi connectivity index (χ1) is 15.9. The number of ether oxygens (including phenoxy) is 1. The Balaban J connectivity index is 1.47. The number of nitrogens with zero attached hydrogens (tertiary/aromatic N) is 1. The third-order valence-electron chi connectivity index (χ3n) is 5.76. The smallest absolute Gasteiger partial charge is 0.309 e. The minimum Gasteiger partial charge on any atom is -0.496 e. The van der Waals surface area contributed by atoms with Crippen molar-refractivity contribution in [1.29, 1.82) is 0 Å². The van der Waals surface area contributed by atoms with Crippen LogP contribution in [-0.4, -0.2) is 57.3 Å². The van der Waals surface area contributed by atoms with Crippen molar-refractivity contribution in [3.63, 3.8) is 0 Å². The molecule has 0 aromatic heterocycles. The summed E-state index contributed by atoms with van der Waals surface area (Å²) in [7, 11) is -2.00. The summed E-state index contributed by atoms with van der Waals surface area (Å²) in [5, 5.41) is 5.23. The molecule has 0 aliphatic carbocycles. The number of sulfonamides is 1. The fraction of sp³-hybridized carbons (Fsp3) is 0.417. The Morgan fingerprint density at radius 3 is 2.36 bits per heavy atom. The van der Waals surface area contributed by atoms with Gasteiger partial charge in [-0.15, -0.1) is 0 Å². The second kappa shape index (κ2) is 11.8. The average Bonchev–Trinajstić information content (AvgIpc) is 2.85. The lowest BCUT2D eigenvalue weighted by Gasteiger charge is -2.34. The molecule has 0 unspecified atom stereocenters. The number of hydrogen-bond donors (Lipinski definition) is 2. The van der Waals surface area contributed by atoms with Crippen molar-refractivity contribution in [1.82, 2.24) is 14.9 Å². The lowest BCUT2D eigenvalue weighted by molar-refractivity contribution is -0.139. The van der Waals surface area contributed by atoms with Gasteiger partial charge in [-0.3, -0.25) is 9.59 Å². The van der Waals surface area contributed by atoms with Crippen LogP contribution in [0, 0.1) is 0 Å². The number of amides is 2. The van der Waals surface area contributed by atoms with Crippen LogP contribution < -0.4 is 15.4 Å². The molecule has 2 aromatic rings. The van der Waals surface area contributed by atoms with Crippen LogP contribution in [0.15, 0.2) is 59.5 Å². The monoisotopic (exact) mass is 473 g/mol. The van der Waals surface area contributed by atoms with Crippen LogP contribution >= 0.6 is 0 Å². The van der Waals surface area contributed by atoms with Gasteiger partial charge >= 0.3 is 11.8 Å². The van der Waals surface area contributed by atoms with E-state index in [4.69, 9.17) is 4.74 Å². The zero-order valence-corrected chi connectivity index (χ0v) is 19.6. The number of hydrogen-bond acceptors (Lipinski definition) is 5. The largest absolute Gasteiger partial charge is 0.496 e. The molecule has 1 aliphatic heterocycles. The maximum atomic E-state index is 13.0.